The molecular formula is C12H20O9S2. The van der Waals surface area contributed by atoms with Crippen LogP contribution in [0.2, 0.25) is 0 Å². The molecule has 1 aliphatic rings. The van der Waals surface area contributed by atoms with E-state index in [0.29, 0.717) is 6.42 Å². The highest BCUT2D eigenvalue weighted by atomic mass is 32.2. The summed E-state index contributed by atoms with van der Waals surface area (Å²) in [6.45, 7) is 1.33. The van der Waals surface area contributed by atoms with Crippen molar-refractivity contribution in [3.8, 4) is 0 Å². The first-order valence-corrected chi connectivity index (χ1v) is 10.1. The summed E-state index contributed by atoms with van der Waals surface area (Å²) >= 11 is 0. The molecule has 1 heterocycles. The van der Waals surface area contributed by atoms with Gasteiger partial charge in [0.05, 0.1) is 22.8 Å². The van der Waals surface area contributed by atoms with Crippen LogP contribution in [0.15, 0.2) is 0 Å². The van der Waals surface area contributed by atoms with Crippen molar-refractivity contribution >= 4 is 32.2 Å². The largest absolute Gasteiger partial charge is 0.393 e. The lowest BCUT2D eigenvalue weighted by Crippen LogP contribution is -2.25. The number of unbranched alkanes of at least 4 members (excludes halogenated alkanes) is 1. The van der Waals surface area contributed by atoms with Crippen molar-refractivity contribution in [2.45, 2.75) is 55.9 Å². The summed E-state index contributed by atoms with van der Waals surface area (Å²) in [7, 11) is -8.54. The molecule has 1 aliphatic heterocycles. The molecule has 0 bridgehead atoms. The quantitative estimate of drug-likeness (QED) is 0.256. The van der Waals surface area contributed by atoms with Gasteiger partial charge in [-0.25, -0.2) is 0 Å². The van der Waals surface area contributed by atoms with E-state index in [-0.39, 0.29) is 32.1 Å². The van der Waals surface area contributed by atoms with Crippen LogP contribution in [0.1, 0.15) is 45.4 Å². The summed E-state index contributed by atoms with van der Waals surface area (Å²) in [5.41, 5.74) is 0. The van der Waals surface area contributed by atoms with Gasteiger partial charge >= 0.3 is 11.9 Å². The van der Waals surface area contributed by atoms with Crippen LogP contribution in [-0.2, 0) is 34.6 Å². The second-order valence-corrected chi connectivity index (χ2v) is 9.21. The molecule has 3 unspecified atom stereocenters. The molecule has 0 radical (unpaired) electrons. The average Bonchev–Trinajstić information content (AvgIpc) is 2.68. The summed E-state index contributed by atoms with van der Waals surface area (Å²) < 4.78 is 66.8. The minimum Gasteiger partial charge on any atom is -0.393 e. The molecule has 3 atom stereocenters. The first-order chi connectivity index (χ1) is 10.4. The molecule has 11 heteroatoms. The van der Waals surface area contributed by atoms with Crippen LogP contribution in [0.25, 0.3) is 0 Å². The molecule has 23 heavy (non-hydrogen) atoms. The predicted octanol–water partition coefficient (Wildman–Crippen LogP) is 0.559. The zero-order chi connectivity index (χ0) is 17.8. The number of cyclic esters (lactones) is 2. The van der Waals surface area contributed by atoms with E-state index in [1.165, 1.54) is 6.92 Å². The lowest BCUT2D eigenvalue weighted by atomic mass is 9.98. The van der Waals surface area contributed by atoms with Gasteiger partial charge in [-0.05, 0) is 26.2 Å². The number of rotatable bonds is 9. The van der Waals surface area contributed by atoms with E-state index in [4.69, 9.17) is 4.55 Å². The van der Waals surface area contributed by atoms with Gasteiger partial charge in [0, 0.05) is 0 Å². The summed E-state index contributed by atoms with van der Waals surface area (Å²) in [6.07, 6.45) is 0.305. The smallest absolute Gasteiger partial charge is 0.317 e. The molecule has 0 spiro atoms. The van der Waals surface area contributed by atoms with Gasteiger partial charge < -0.3 is 4.74 Å². The zero-order valence-electron chi connectivity index (χ0n) is 12.5. The fraction of sp³-hybridized carbons (Fsp3) is 0.833. The average molecular weight is 372 g/mol. The van der Waals surface area contributed by atoms with Gasteiger partial charge in [-0.3, -0.25) is 18.7 Å². The standard InChI is InChI=1S/C12H20O9S2/c1-8(22(15,16)17)4-2-3-5-10(23(18,19)20)6-9-7-11(13)21-12(9)14/h8-10H,2-7H2,1H3,(H,15,16,17)(H,18,19,20). The second kappa shape index (κ2) is 7.69. The third-order valence-electron chi connectivity index (χ3n) is 3.82. The number of hydrogen-bond donors (Lipinski definition) is 2. The first kappa shape index (κ1) is 20.0. The Morgan fingerprint density at radius 2 is 1.65 bits per heavy atom. The predicted molar refractivity (Wildman–Crippen MR) is 78.6 cm³/mol. The molecule has 0 aromatic heterocycles. The van der Waals surface area contributed by atoms with E-state index in [9.17, 15) is 31.0 Å². The van der Waals surface area contributed by atoms with Gasteiger partial charge in [-0.15, -0.1) is 0 Å². The highest BCUT2D eigenvalue weighted by Crippen LogP contribution is 2.26. The number of hydrogen-bond acceptors (Lipinski definition) is 7. The third-order valence-corrected chi connectivity index (χ3v) is 6.35. The first-order valence-electron chi connectivity index (χ1n) is 7.08. The van der Waals surface area contributed by atoms with Crippen molar-refractivity contribution in [2.24, 2.45) is 5.92 Å². The molecule has 0 aromatic rings. The Hall–Kier alpha value is -1.04. The lowest BCUT2D eigenvalue weighted by molar-refractivity contribution is -0.153. The van der Waals surface area contributed by atoms with Crippen molar-refractivity contribution < 1.29 is 40.3 Å². The van der Waals surface area contributed by atoms with Crippen LogP contribution >= 0.6 is 0 Å². The van der Waals surface area contributed by atoms with E-state index in [0.717, 1.165) is 0 Å². The Labute approximate surface area is 134 Å². The normalized spacial score (nSPS) is 22.0. The van der Waals surface area contributed by atoms with Crippen LogP contribution in [0.3, 0.4) is 0 Å². The van der Waals surface area contributed by atoms with Crippen LogP contribution in [0.4, 0.5) is 0 Å². The van der Waals surface area contributed by atoms with Crippen molar-refractivity contribution in [1.82, 2.24) is 0 Å². The summed E-state index contributed by atoms with van der Waals surface area (Å²) in [5, 5.41) is -2.19. The molecule has 2 N–H and O–H groups in total. The fourth-order valence-electron chi connectivity index (χ4n) is 2.36. The molecule has 0 amide bonds. The highest BCUT2D eigenvalue weighted by Gasteiger charge is 2.38. The Morgan fingerprint density at radius 3 is 2.09 bits per heavy atom. The molecule has 1 saturated heterocycles. The minimum atomic E-state index is -4.41. The Kier molecular flexibility index (Phi) is 6.69. The number of esters is 2. The molecule has 1 rings (SSSR count). The van der Waals surface area contributed by atoms with Gasteiger partial charge in [0.2, 0.25) is 0 Å². The summed E-state index contributed by atoms with van der Waals surface area (Å²) in [6, 6.07) is 0. The maximum Gasteiger partial charge on any atom is 0.317 e. The summed E-state index contributed by atoms with van der Waals surface area (Å²) in [5.74, 6) is -2.43. The minimum absolute atomic E-state index is 0.00893. The Bertz CT molecular complexity index is 650. The maximum atomic E-state index is 11.4. The van der Waals surface area contributed by atoms with Crippen LogP contribution in [0.5, 0.6) is 0 Å². The maximum absolute atomic E-state index is 11.4. The highest BCUT2D eigenvalue weighted by molar-refractivity contribution is 7.86. The fourth-order valence-corrected chi connectivity index (χ4v) is 3.76. The van der Waals surface area contributed by atoms with E-state index >= 15 is 0 Å². The summed E-state index contributed by atoms with van der Waals surface area (Å²) in [4.78, 5) is 22.4. The molecule has 134 valence electrons. The Balaban J connectivity index is 2.54. The number of ether oxygens (including phenoxy) is 1. The van der Waals surface area contributed by atoms with E-state index in [1.54, 1.807) is 0 Å². The van der Waals surface area contributed by atoms with Gasteiger partial charge in [0.25, 0.3) is 20.2 Å². The number of carbonyl (C=O) groups is 2. The monoisotopic (exact) mass is 372 g/mol. The van der Waals surface area contributed by atoms with Crippen LogP contribution < -0.4 is 0 Å². The zero-order valence-corrected chi connectivity index (χ0v) is 14.2. The molecular weight excluding hydrogens is 352 g/mol. The third kappa shape index (κ3) is 6.53. The molecule has 0 aliphatic carbocycles. The molecule has 0 aromatic carbocycles. The topological polar surface area (TPSA) is 152 Å². The van der Waals surface area contributed by atoms with Gasteiger partial charge in [0.15, 0.2) is 0 Å². The van der Waals surface area contributed by atoms with E-state index in [2.05, 4.69) is 4.74 Å². The van der Waals surface area contributed by atoms with Crippen LogP contribution in [-0.4, -0.2) is 48.4 Å². The van der Waals surface area contributed by atoms with Gasteiger partial charge in [0.1, 0.15) is 0 Å². The SMILES string of the molecule is CC(CCCCC(CC1CC(=O)OC1=O)S(=O)(=O)O)S(=O)(=O)O. The van der Waals surface area contributed by atoms with Gasteiger partial charge in [-0.1, -0.05) is 12.8 Å². The van der Waals surface area contributed by atoms with Crippen LogP contribution in [0, 0.1) is 5.92 Å². The van der Waals surface area contributed by atoms with Crippen molar-refractivity contribution in [3.63, 3.8) is 0 Å². The lowest BCUT2D eigenvalue weighted by Gasteiger charge is -2.16. The van der Waals surface area contributed by atoms with Crippen molar-refractivity contribution in [1.29, 1.82) is 0 Å². The van der Waals surface area contributed by atoms with Gasteiger partial charge in [-0.2, -0.15) is 16.8 Å². The molecule has 9 nitrogen and oxygen atoms in total. The van der Waals surface area contributed by atoms with Crippen molar-refractivity contribution in [2.75, 3.05) is 0 Å². The van der Waals surface area contributed by atoms with E-state index in [1.807, 2.05) is 0 Å². The molecule has 0 saturated carbocycles. The molecule has 1 fully saturated rings. The van der Waals surface area contributed by atoms with Crippen molar-refractivity contribution in [3.05, 3.63) is 0 Å². The Morgan fingerprint density at radius 1 is 1.09 bits per heavy atom. The van der Waals surface area contributed by atoms with E-state index < -0.39 is 48.6 Å². The second-order valence-electron chi connectivity index (χ2n) is 5.68. The number of carbonyl (C=O) groups excluding carboxylic acids is 2.